The summed E-state index contributed by atoms with van der Waals surface area (Å²) in [6.45, 7) is 3.20. The van der Waals surface area contributed by atoms with Crippen molar-refractivity contribution in [1.82, 2.24) is 15.3 Å². The number of aryl methyl sites for hydroxylation is 1. The molecule has 0 saturated heterocycles. The van der Waals surface area contributed by atoms with Crippen molar-refractivity contribution >= 4 is 34.1 Å². The van der Waals surface area contributed by atoms with Crippen LogP contribution in [0, 0.1) is 0 Å². The Bertz CT molecular complexity index is 991. The number of nitrogens with zero attached hydrogens (tertiary/aromatic N) is 1. The molecular formula is C24H28ClN3. The van der Waals surface area contributed by atoms with Crippen molar-refractivity contribution in [2.45, 2.75) is 45.2 Å². The number of unbranched alkanes of at least 4 members (excludes halogenated alkanes) is 1. The summed E-state index contributed by atoms with van der Waals surface area (Å²) in [5.41, 5.74) is 3.93. The second kappa shape index (κ2) is 9.72. The first-order valence-electron chi connectivity index (χ1n) is 9.90. The zero-order chi connectivity index (χ0) is 18.5. The second-order valence-electron chi connectivity index (χ2n) is 7.47. The largest absolute Gasteiger partial charge is 0.358 e. The third kappa shape index (κ3) is 5.12. The summed E-state index contributed by atoms with van der Waals surface area (Å²) in [5.74, 6) is 0. The molecule has 28 heavy (non-hydrogen) atoms. The van der Waals surface area contributed by atoms with E-state index in [1.165, 1.54) is 52.2 Å². The number of hydrogen-bond donors (Lipinski definition) is 2. The maximum absolute atomic E-state index is 4.17. The number of H-pyrrole nitrogens is 1. The van der Waals surface area contributed by atoms with Crippen LogP contribution in [0.4, 0.5) is 0 Å². The Morgan fingerprint density at radius 3 is 2.75 bits per heavy atom. The lowest BCUT2D eigenvalue weighted by atomic mass is 10.1. The van der Waals surface area contributed by atoms with Crippen LogP contribution in [0.3, 0.4) is 0 Å². The minimum Gasteiger partial charge on any atom is -0.358 e. The molecule has 0 fully saturated rings. The number of nitrogens with one attached hydrogen (secondary N) is 2. The molecule has 4 rings (SSSR count). The highest BCUT2D eigenvalue weighted by Gasteiger charge is 2.04. The summed E-state index contributed by atoms with van der Waals surface area (Å²) in [5, 5.41) is 7.43. The monoisotopic (exact) mass is 393 g/mol. The van der Waals surface area contributed by atoms with Gasteiger partial charge in [0.05, 0.1) is 0 Å². The minimum atomic E-state index is 0. The van der Waals surface area contributed by atoms with Crippen LogP contribution in [-0.2, 0) is 13.0 Å². The molecule has 0 bridgehead atoms. The molecule has 4 heteroatoms. The molecule has 0 aliphatic rings. The number of rotatable bonds is 8. The molecule has 2 heterocycles. The van der Waals surface area contributed by atoms with Crippen molar-refractivity contribution in [3.63, 3.8) is 0 Å². The van der Waals surface area contributed by atoms with Crippen LogP contribution in [-0.4, -0.2) is 16.0 Å². The lowest BCUT2D eigenvalue weighted by molar-refractivity contribution is 0.488. The van der Waals surface area contributed by atoms with Crippen molar-refractivity contribution in [3.05, 3.63) is 78.2 Å². The van der Waals surface area contributed by atoms with Crippen LogP contribution in [0.25, 0.3) is 21.7 Å². The molecular weight excluding hydrogens is 366 g/mol. The van der Waals surface area contributed by atoms with E-state index in [4.69, 9.17) is 0 Å². The van der Waals surface area contributed by atoms with Crippen molar-refractivity contribution in [2.75, 3.05) is 0 Å². The fourth-order valence-corrected chi connectivity index (χ4v) is 3.67. The molecule has 0 aliphatic heterocycles. The quantitative estimate of drug-likeness (QED) is 0.359. The third-order valence-electron chi connectivity index (χ3n) is 5.28. The van der Waals surface area contributed by atoms with E-state index in [-0.39, 0.29) is 12.4 Å². The number of benzene rings is 2. The van der Waals surface area contributed by atoms with E-state index >= 15 is 0 Å². The first-order valence-corrected chi connectivity index (χ1v) is 9.90. The van der Waals surface area contributed by atoms with Crippen LogP contribution >= 0.6 is 12.4 Å². The van der Waals surface area contributed by atoms with E-state index in [1.807, 2.05) is 12.4 Å². The number of pyridine rings is 1. The Hall–Kier alpha value is -2.36. The topological polar surface area (TPSA) is 40.7 Å². The van der Waals surface area contributed by atoms with E-state index in [9.17, 15) is 0 Å². The van der Waals surface area contributed by atoms with Gasteiger partial charge in [-0.05, 0) is 66.8 Å². The van der Waals surface area contributed by atoms with Gasteiger partial charge in [0.15, 0.2) is 0 Å². The molecule has 0 amide bonds. The molecule has 4 aromatic rings. The zero-order valence-corrected chi connectivity index (χ0v) is 17.1. The molecule has 0 spiro atoms. The smallest absolute Gasteiger partial charge is 0.0456 e. The third-order valence-corrected chi connectivity index (χ3v) is 5.28. The first kappa shape index (κ1) is 20.4. The van der Waals surface area contributed by atoms with Gasteiger partial charge >= 0.3 is 0 Å². The van der Waals surface area contributed by atoms with Crippen LogP contribution in [0.2, 0.25) is 0 Å². The van der Waals surface area contributed by atoms with E-state index in [2.05, 4.69) is 76.8 Å². The average molecular weight is 394 g/mol. The maximum atomic E-state index is 4.17. The molecule has 0 unspecified atom stereocenters. The van der Waals surface area contributed by atoms with Gasteiger partial charge in [-0.15, -0.1) is 12.4 Å². The van der Waals surface area contributed by atoms with Gasteiger partial charge < -0.3 is 10.3 Å². The van der Waals surface area contributed by atoms with Crippen LogP contribution in [0.1, 0.15) is 37.4 Å². The highest BCUT2D eigenvalue weighted by Crippen LogP contribution is 2.17. The van der Waals surface area contributed by atoms with E-state index < -0.39 is 0 Å². The predicted molar refractivity (Wildman–Crippen MR) is 121 cm³/mol. The molecule has 2 aromatic heterocycles. The zero-order valence-electron chi connectivity index (χ0n) is 16.3. The SMILES string of the molecule is C[C@H](CCCCc1cc2ccccc2[nH]1)NCc1ccc2cnccc2c1.Cl. The van der Waals surface area contributed by atoms with Gasteiger partial charge in [0.25, 0.3) is 0 Å². The Kier molecular flexibility index (Phi) is 7.07. The number of aromatic amines is 1. The van der Waals surface area contributed by atoms with Gasteiger partial charge in [0.1, 0.15) is 0 Å². The highest BCUT2D eigenvalue weighted by molar-refractivity contribution is 5.85. The number of halogens is 1. The van der Waals surface area contributed by atoms with Crippen molar-refractivity contribution in [3.8, 4) is 0 Å². The molecule has 0 saturated carbocycles. The fourth-order valence-electron chi connectivity index (χ4n) is 3.67. The highest BCUT2D eigenvalue weighted by atomic mass is 35.5. The summed E-state index contributed by atoms with van der Waals surface area (Å²) in [6.07, 6.45) is 8.57. The Morgan fingerprint density at radius 2 is 1.86 bits per heavy atom. The summed E-state index contributed by atoms with van der Waals surface area (Å²) in [4.78, 5) is 7.70. The molecule has 3 nitrogen and oxygen atoms in total. The standard InChI is InChI=1S/C24H27N3.ClH/c1-18(26-16-19-10-11-22-17-25-13-12-20(22)14-19)6-2-4-8-23-15-21-7-3-5-9-24(21)27-23;/h3,5,7,9-15,17-18,26-27H,2,4,6,8,16H2,1H3;1H/t18-;/m1./s1. The average Bonchev–Trinajstić information content (AvgIpc) is 3.12. The second-order valence-corrected chi connectivity index (χ2v) is 7.47. The van der Waals surface area contributed by atoms with Gasteiger partial charge in [-0.1, -0.05) is 36.8 Å². The summed E-state index contributed by atoms with van der Waals surface area (Å²) in [7, 11) is 0. The number of fused-ring (bicyclic) bond motifs is 2. The number of hydrogen-bond acceptors (Lipinski definition) is 2. The lowest BCUT2D eigenvalue weighted by Gasteiger charge is -2.14. The molecule has 2 N–H and O–H groups in total. The van der Waals surface area contributed by atoms with Crippen molar-refractivity contribution < 1.29 is 0 Å². The molecule has 2 aromatic carbocycles. The maximum Gasteiger partial charge on any atom is 0.0456 e. The normalized spacial score (nSPS) is 12.2. The van der Waals surface area contributed by atoms with Crippen molar-refractivity contribution in [1.29, 1.82) is 0 Å². The Morgan fingerprint density at radius 1 is 0.964 bits per heavy atom. The van der Waals surface area contributed by atoms with E-state index in [0.717, 1.165) is 13.0 Å². The van der Waals surface area contributed by atoms with Gasteiger partial charge in [-0.3, -0.25) is 4.98 Å². The van der Waals surface area contributed by atoms with Crippen LogP contribution < -0.4 is 5.32 Å². The first-order chi connectivity index (χ1) is 13.3. The van der Waals surface area contributed by atoms with Gasteiger partial charge in [-0.25, -0.2) is 0 Å². The van der Waals surface area contributed by atoms with E-state index in [0.29, 0.717) is 6.04 Å². The molecule has 0 radical (unpaired) electrons. The lowest BCUT2D eigenvalue weighted by Crippen LogP contribution is -2.25. The van der Waals surface area contributed by atoms with Gasteiger partial charge in [-0.2, -0.15) is 0 Å². The predicted octanol–water partition coefficient (Wildman–Crippen LogP) is 6.03. The van der Waals surface area contributed by atoms with Gasteiger partial charge in [0, 0.05) is 41.6 Å². The minimum absolute atomic E-state index is 0. The Balaban J connectivity index is 0.00000225. The molecule has 146 valence electrons. The van der Waals surface area contributed by atoms with Crippen LogP contribution in [0.5, 0.6) is 0 Å². The number of aromatic nitrogens is 2. The summed E-state index contributed by atoms with van der Waals surface area (Å²) < 4.78 is 0. The number of para-hydroxylation sites is 1. The Labute approximate surface area is 173 Å². The van der Waals surface area contributed by atoms with Gasteiger partial charge in [0.2, 0.25) is 0 Å². The molecule has 0 aliphatic carbocycles. The summed E-state index contributed by atoms with van der Waals surface area (Å²) in [6, 6.07) is 20.0. The van der Waals surface area contributed by atoms with Crippen molar-refractivity contribution in [2.24, 2.45) is 0 Å². The van der Waals surface area contributed by atoms with Crippen LogP contribution in [0.15, 0.2) is 67.0 Å². The van der Waals surface area contributed by atoms with E-state index in [1.54, 1.807) is 0 Å². The molecule has 1 atom stereocenters. The fraction of sp³-hybridized carbons (Fsp3) is 0.292. The summed E-state index contributed by atoms with van der Waals surface area (Å²) >= 11 is 0.